The molecule has 0 aromatic carbocycles. The van der Waals surface area contributed by atoms with Crippen LogP contribution in [0, 0.1) is 0 Å². The second-order valence-corrected chi connectivity index (χ2v) is 5.17. The first kappa shape index (κ1) is 12.9. The van der Waals surface area contributed by atoms with Gasteiger partial charge >= 0.3 is 0 Å². The maximum atomic E-state index is 10.9. The summed E-state index contributed by atoms with van der Waals surface area (Å²) in [7, 11) is -1.75. The molecular weight excluding hydrogens is 186 g/mol. The van der Waals surface area contributed by atoms with E-state index in [1.165, 1.54) is 26.3 Å². The van der Waals surface area contributed by atoms with Gasteiger partial charge in [-0.2, -0.15) is 0 Å². The van der Waals surface area contributed by atoms with Gasteiger partial charge in [0, 0.05) is 7.05 Å². The number of sulfonamides is 1. The molecule has 0 aliphatic heterocycles. The summed E-state index contributed by atoms with van der Waals surface area (Å²) in [5.74, 6) is 0.218. The van der Waals surface area contributed by atoms with Gasteiger partial charge in [-0.25, -0.2) is 8.42 Å². The summed E-state index contributed by atoms with van der Waals surface area (Å²) >= 11 is 0. The number of hydrogen-bond donors (Lipinski definition) is 0. The summed E-state index contributed by atoms with van der Waals surface area (Å²) in [5, 5.41) is 0. The molecule has 0 aliphatic carbocycles. The predicted octanol–water partition coefficient (Wildman–Crippen LogP) is 1.91. The smallest absolute Gasteiger partial charge is 0.211 e. The number of nitrogens with zero attached hydrogens (tertiary/aromatic N) is 1. The van der Waals surface area contributed by atoms with Crippen LogP contribution in [-0.4, -0.2) is 21.2 Å². The van der Waals surface area contributed by atoms with Crippen molar-refractivity contribution < 1.29 is 8.42 Å². The second kappa shape index (κ2) is 7.33. The van der Waals surface area contributed by atoms with Gasteiger partial charge < -0.3 is 0 Å². The Bertz CT molecular complexity index is 200. The van der Waals surface area contributed by atoms with Crippen molar-refractivity contribution in [3.8, 4) is 0 Å². The van der Waals surface area contributed by atoms with Crippen molar-refractivity contribution in [3.63, 3.8) is 0 Å². The van der Waals surface area contributed by atoms with Crippen molar-refractivity contribution in [3.05, 3.63) is 0 Å². The average Bonchev–Trinajstić information content (AvgIpc) is 2.11. The fourth-order valence-electron chi connectivity index (χ4n) is 1.16. The largest absolute Gasteiger partial charge is 0.227 e. The third-order valence-corrected chi connectivity index (χ3v) is 3.39. The normalized spacial score (nSPS) is 11.8. The summed E-state index contributed by atoms with van der Waals surface area (Å²) in [4.78, 5) is 0. The van der Waals surface area contributed by atoms with E-state index in [1.54, 1.807) is 0 Å². The van der Waals surface area contributed by atoms with E-state index in [9.17, 15) is 8.42 Å². The Labute approximate surface area is 82.0 Å². The van der Waals surface area contributed by atoms with E-state index in [0.717, 1.165) is 19.3 Å². The van der Waals surface area contributed by atoms with E-state index < -0.39 is 10.0 Å². The molecule has 0 heterocycles. The van der Waals surface area contributed by atoms with Gasteiger partial charge in [0.2, 0.25) is 10.0 Å². The van der Waals surface area contributed by atoms with Gasteiger partial charge in [0.25, 0.3) is 0 Å². The summed E-state index contributed by atoms with van der Waals surface area (Å²) in [6, 6.07) is 0. The predicted molar refractivity (Wildman–Crippen MR) is 55.2 cm³/mol. The average molecular weight is 206 g/mol. The molecule has 0 atom stereocenters. The van der Waals surface area contributed by atoms with E-state index in [1.807, 2.05) is 0 Å². The Balaban J connectivity index is 3.26. The maximum Gasteiger partial charge on any atom is 0.227 e. The molecule has 79 valence electrons. The highest BCUT2D eigenvalue weighted by atomic mass is 32.2. The summed E-state index contributed by atoms with van der Waals surface area (Å²) in [6.45, 7) is 2.17. The lowest BCUT2D eigenvalue weighted by Gasteiger charge is -2.00. The highest BCUT2D eigenvalue weighted by molar-refractivity contribution is 7.89. The molecule has 3 nitrogen and oxygen atoms in total. The zero-order valence-electron chi connectivity index (χ0n) is 8.62. The van der Waals surface area contributed by atoms with Gasteiger partial charge in [0.15, 0.2) is 0 Å². The minimum Gasteiger partial charge on any atom is -0.211 e. The first-order chi connectivity index (χ1) is 6.12. The fourth-order valence-corrected chi connectivity index (χ4v) is 1.91. The lowest BCUT2D eigenvalue weighted by Crippen LogP contribution is -2.15. The molecule has 0 aliphatic rings. The SMILES string of the molecule is CCCCCCCCS(=O)(=O)[N]C. The molecule has 0 saturated heterocycles. The molecule has 0 aromatic rings. The highest BCUT2D eigenvalue weighted by Gasteiger charge is 2.06. The van der Waals surface area contributed by atoms with Crippen molar-refractivity contribution in [2.75, 3.05) is 12.8 Å². The van der Waals surface area contributed by atoms with Crippen molar-refractivity contribution >= 4 is 10.0 Å². The summed E-state index contributed by atoms with van der Waals surface area (Å²) in [6.07, 6.45) is 6.61. The zero-order valence-corrected chi connectivity index (χ0v) is 9.44. The minimum atomic E-state index is -3.09. The Morgan fingerprint density at radius 2 is 1.54 bits per heavy atom. The van der Waals surface area contributed by atoms with E-state index >= 15 is 0 Å². The van der Waals surface area contributed by atoms with Crippen molar-refractivity contribution in [1.82, 2.24) is 4.72 Å². The summed E-state index contributed by atoms with van der Waals surface area (Å²) < 4.78 is 25.2. The van der Waals surface area contributed by atoms with Crippen LogP contribution in [0.15, 0.2) is 0 Å². The molecule has 13 heavy (non-hydrogen) atoms. The van der Waals surface area contributed by atoms with Crippen LogP contribution in [0.3, 0.4) is 0 Å². The number of unbranched alkanes of at least 4 members (excludes halogenated alkanes) is 5. The van der Waals surface area contributed by atoms with Crippen LogP contribution in [0.1, 0.15) is 45.4 Å². The molecule has 0 spiro atoms. The molecule has 0 rings (SSSR count). The number of rotatable bonds is 8. The van der Waals surface area contributed by atoms with Crippen LogP contribution >= 0.6 is 0 Å². The molecule has 0 amide bonds. The third kappa shape index (κ3) is 8.25. The quantitative estimate of drug-likeness (QED) is 0.570. The maximum absolute atomic E-state index is 10.9. The Kier molecular flexibility index (Phi) is 7.28. The van der Waals surface area contributed by atoms with Crippen LogP contribution in [0.2, 0.25) is 0 Å². The van der Waals surface area contributed by atoms with Gasteiger partial charge in [-0.05, 0) is 6.42 Å². The van der Waals surface area contributed by atoms with Crippen LogP contribution in [0.25, 0.3) is 0 Å². The number of hydrogen-bond acceptors (Lipinski definition) is 2. The monoisotopic (exact) mass is 206 g/mol. The molecular formula is C9H20NO2S. The lowest BCUT2D eigenvalue weighted by molar-refractivity contribution is 0.576. The fraction of sp³-hybridized carbons (Fsp3) is 1.00. The molecule has 1 radical (unpaired) electrons. The topological polar surface area (TPSA) is 48.2 Å². The van der Waals surface area contributed by atoms with Crippen molar-refractivity contribution in [1.29, 1.82) is 0 Å². The Morgan fingerprint density at radius 1 is 1.00 bits per heavy atom. The third-order valence-electron chi connectivity index (χ3n) is 2.03. The minimum absolute atomic E-state index is 0.218. The van der Waals surface area contributed by atoms with Gasteiger partial charge in [-0.1, -0.05) is 39.0 Å². The Hall–Kier alpha value is -0.0900. The van der Waals surface area contributed by atoms with Crippen LogP contribution in [-0.2, 0) is 10.0 Å². The molecule has 0 fully saturated rings. The van der Waals surface area contributed by atoms with Gasteiger partial charge in [-0.3, -0.25) is 0 Å². The van der Waals surface area contributed by atoms with Gasteiger partial charge in [-0.15, -0.1) is 4.72 Å². The van der Waals surface area contributed by atoms with E-state index in [0.29, 0.717) is 0 Å². The molecule has 4 heteroatoms. The van der Waals surface area contributed by atoms with E-state index in [2.05, 4.69) is 11.6 Å². The van der Waals surface area contributed by atoms with Crippen molar-refractivity contribution in [2.45, 2.75) is 45.4 Å². The van der Waals surface area contributed by atoms with Gasteiger partial charge in [0.05, 0.1) is 5.75 Å². The Morgan fingerprint density at radius 3 is 2.08 bits per heavy atom. The molecule has 0 aromatic heterocycles. The zero-order chi connectivity index (χ0) is 10.2. The van der Waals surface area contributed by atoms with E-state index in [4.69, 9.17) is 0 Å². The van der Waals surface area contributed by atoms with E-state index in [-0.39, 0.29) is 5.75 Å². The molecule has 0 N–H and O–H groups in total. The summed E-state index contributed by atoms with van der Waals surface area (Å²) in [5.41, 5.74) is 0. The molecule has 0 saturated carbocycles. The van der Waals surface area contributed by atoms with Gasteiger partial charge in [0.1, 0.15) is 0 Å². The van der Waals surface area contributed by atoms with Crippen LogP contribution in [0.5, 0.6) is 0 Å². The first-order valence-electron chi connectivity index (χ1n) is 4.96. The van der Waals surface area contributed by atoms with Crippen LogP contribution < -0.4 is 4.72 Å². The molecule has 0 bridgehead atoms. The lowest BCUT2D eigenvalue weighted by atomic mass is 10.1. The second-order valence-electron chi connectivity index (χ2n) is 3.24. The van der Waals surface area contributed by atoms with Crippen LogP contribution in [0.4, 0.5) is 0 Å². The molecule has 0 unspecified atom stereocenters. The first-order valence-corrected chi connectivity index (χ1v) is 6.57. The standard InChI is InChI=1S/C9H20NO2S/c1-3-4-5-6-7-8-9-13(11,12)10-2/h3-9H2,1-2H3. The van der Waals surface area contributed by atoms with Crippen molar-refractivity contribution in [2.24, 2.45) is 0 Å². The highest BCUT2D eigenvalue weighted by Crippen LogP contribution is 2.05.